The molecule has 0 fully saturated rings. The van der Waals surface area contributed by atoms with Crippen LogP contribution in [0.2, 0.25) is 5.15 Å². The summed E-state index contributed by atoms with van der Waals surface area (Å²) in [5, 5.41) is 3.79. The molecule has 0 aliphatic heterocycles. The molecule has 1 N–H and O–H groups in total. The standard InChI is InChI=1S/C11H13ClN2/c1-3-4-6-13-9(2)10-5-7-14-11(12)8-10/h5,7-9,13H,6H2,1-2H3. The van der Waals surface area contributed by atoms with Crippen LogP contribution in [0, 0.1) is 11.8 Å². The second-order valence-electron chi connectivity index (χ2n) is 2.94. The number of pyridine rings is 1. The summed E-state index contributed by atoms with van der Waals surface area (Å²) in [6.07, 6.45) is 1.71. The highest BCUT2D eigenvalue weighted by molar-refractivity contribution is 6.29. The maximum absolute atomic E-state index is 5.78. The van der Waals surface area contributed by atoms with Crippen LogP contribution in [-0.4, -0.2) is 11.5 Å². The largest absolute Gasteiger partial charge is 0.300 e. The van der Waals surface area contributed by atoms with E-state index >= 15 is 0 Å². The Labute approximate surface area is 89.7 Å². The van der Waals surface area contributed by atoms with Gasteiger partial charge in [-0.3, -0.25) is 5.32 Å². The lowest BCUT2D eigenvalue weighted by atomic mass is 10.1. The molecule has 0 saturated carbocycles. The lowest BCUT2D eigenvalue weighted by Gasteiger charge is -2.11. The Bertz CT molecular complexity index is 352. The van der Waals surface area contributed by atoms with Crippen LogP contribution in [-0.2, 0) is 0 Å². The smallest absolute Gasteiger partial charge is 0.129 e. The number of nitrogens with one attached hydrogen (secondary N) is 1. The van der Waals surface area contributed by atoms with Gasteiger partial charge in [0, 0.05) is 12.2 Å². The van der Waals surface area contributed by atoms with Gasteiger partial charge in [-0.2, -0.15) is 0 Å². The maximum Gasteiger partial charge on any atom is 0.129 e. The third-order valence-corrected chi connectivity index (χ3v) is 2.13. The molecule has 3 heteroatoms. The average molecular weight is 209 g/mol. The number of rotatable bonds is 3. The zero-order valence-electron chi connectivity index (χ0n) is 8.34. The van der Waals surface area contributed by atoms with Crippen molar-refractivity contribution in [3.63, 3.8) is 0 Å². The van der Waals surface area contributed by atoms with Crippen molar-refractivity contribution >= 4 is 11.6 Å². The minimum atomic E-state index is 0.247. The number of aromatic nitrogens is 1. The number of hydrogen-bond acceptors (Lipinski definition) is 2. The molecule has 0 saturated heterocycles. The first-order chi connectivity index (χ1) is 6.74. The van der Waals surface area contributed by atoms with Gasteiger partial charge in [-0.15, -0.1) is 5.92 Å². The molecular weight excluding hydrogens is 196 g/mol. The number of nitrogens with zero attached hydrogens (tertiary/aromatic N) is 1. The SMILES string of the molecule is CC#CCNC(C)c1ccnc(Cl)c1. The highest BCUT2D eigenvalue weighted by Crippen LogP contribution is 2.14. The van der Waals surface area contributed by atoms with Crippen molar-refractivity contribution in [1.82, 2.24) is 10.3 Å². The van der Waals surface area contributed by atoms with Crippen LogP contribution in [0.25, 0.3) is 0 Å². The molecule has 14 heavy (non-hydrogen) atoms. The van der Waals surface area contributed by atoms with Gasteiger partial charge in [0.2, 0.25) is 0 Å². The van der Waals surface area contributed by atoms with Crippen LogP contribution < -0.4 is 5.32 Å². The molecule has 0 bridgehead atoms. The highest BCUT2D eigenvalue weighted by Gasteiger charge is 2.03. The molecule has 0 spiro atoms. The minimum Gasteiger partial charge on any atom is -0.300 e. The van der Waals surface area contributed by atoms with E-state index in [0.29, 0.717) is 11.7 Å². The van der Waals surface area contributed by atoms with Gasteiger partial charge in [0.15, 0.2) is 0 Å². The Morgan fingerprint density at radius 3 is 3.07 bits per heavy atom. The van der Waals surface area contributed by atoms with Gasteiger partial charge in [-0.1, -0.05) is 17.5 Å². The van der Waals surface area contributed by atoms with E-state index < -0.39 is 0 Å². The van der Waals surface area contributed by atoms with Gasteiger partial charge in [0.1, 0.15) is 5.15 Å². The maximum atomic E-state index is 5.78. The zero-order chi connectivity index (χ0) is 10.4. The second kappa shape index (κ2) is 5.64. The van der Waals surface area contributed by atoms with Gasteiger partial charge in [0.25, 0.3) is 0 Å². The van der Waals surface area contributed by atoms with Crippen molar-refractivity contribution < 1.29 is 0 Å². The molecule has 0 amide bonds. The fourth-order valence-corrected chi connectivity index (χ4v) is 1.28. The number of hydrogen-bond donors (Lipinski definition) is 1. The molecule has 0 radical (unpaired) electrons. The molecule has 1 unspecified atom stereocenters. The summed E-state index contributed by atoms with van der Waals surface area (Å²) in [5.74, 6) is 5.79. The van der Waals surface area contributed by atoms with E-state index in [0.717, 1.165) is 5.56 Å². The van der Waals surface area contributed by atoms with Crippen molar-refractivity contribution in [2.24, 2.45) is 0 Å². The van der Waals surface area contributed by atoms with E-state index in [4.69, 9.17) is 11.6 Å². The summed E-state index contributed by atoms with van der Waals surface area (Å²) in [6, 6.07) is 4.05. The van der Waals surface area contributed by atoms with E-state index in [2.05, 4.69) is 29.1 Å². The lowest BCUT2D eigenvalue weighted by Crippen LogP contribution is -2.18. The van der Waals surface area contributed by atoms with Crippen LogP contribution in [0.15, 0.2) is 18.3 Å². The number of halogens is 1. The molecule has 1 aromatic rings. The Morgan fingerprint density at radius 2 is 2.43 bits per heavy atom. The Morgan fingerprint density at radius 1 is 1.64 bits per heavy atom. The van der Waals surface area contributed by atoms with Gasteiger partial charge < -0.3 is 0 Å². The summed E-state index contributed by atoms with van der Waals surface area (Å²) in [5.41, 5.74) is 1.13. The quantitative estimate of drug-likeness (QED) is 0.610. The third kappa shape index (κ3) is 3.37. The Hall–Kier alpha value is -1.04. The molecule has 1 rings (SSSR count). The molecule has 1 aromatic heterocycles. The van der Waals surface area contributed by atoms with E-state index in [1.807, 2.05) is 19.1 Å². The van der Waals surface area contributed by atoms with Gasteiger partial charge >= 0.3 is 0 Å². The fourth-order valence-electron chi connectivity index (χ4n) is 1.10. The molecule has 1 atom stereocenters. The topological polar surface area (TPSA) is 24.9 Å². The van der Waals surface area contributed by atoms with Crippen LogP contribution in [0.3, 0.4) is 0 Å². The lowest BCUT2D eigenvalue weighted by molar-refractivity contribution is 0.622. The van der Waals surface area contributed by atoms with E-state index in [-0.39, 0.29) is 6.04 Å². The minimum absolute atomic E-state index is 0.247. The van der Waals surface area contributed by atoms with Crippen LogP contribution in [0.4, 0.5) is 0 Å². The van der Waals surface area contributed by atoms with Crippen LogP contribution >= 0.6 is 11.6 Å². The first kappa shape index (κ1) is 11.0. The summed E-state index contributed by atoms with van der Waals surface area (Å²) in [6.45, 7) is 4.59. The Kier molecular flexibility index (Phi) is 4.45. The van der Waals surface area contributed by atoms with Crippen molar-refractivity contribution in [3.8, 4) is 11.8 Å². The first-order valence-electron chi connectivity index (χ1n) is 4.48. The third-order valence-electron chi connectivity index (χ3n) is 1.92. The molecule has 74 valence electrons. The van der Waals surface area contributed by atoms with Crippen molar-refractivity contribution in [2.45, 2.75) is 19.9 Å². The van der Waals surface area contributed by atoms with E-state index in [9.17, 15) is 0 Å². The predicted molar refractivity (Wildman–Crippen MR) is 59.1 cm³/mol. The molecule has 0 aliphatic rings. The molecule has 1 heterocycles. The highest BCUT2D eigenvalue weighted by atomic mass is 35.5. The summed E-state index contributed by atoms with van der Waals surface area (Å²) >= 11 is 5.78. The van der Waals surface area contributed by atoms with Gasteiger partial charge in [0.05, 0.1) is 6.54 Å². The van der Waals surface area contributed by atoms with E-state index in [1.54, 1.807) is 6.20 Å². The van der Waals surface area contributed by atoms with Crippen LogP contribution in [0.1, 0.15) is 25.5 Å². The van der Waals surface area contributed by atoms with Gasteiger partial charge in [-0.05, 0) is 31.5 Å². The summed E-state index contributed by atoms with van der Waals surface area (Å²) < 4.78 is 0. The Balaban J connectivity index is 2.58. The summed E-state index contributed by atoms with van der Waals surface area (Å²) in [7, 11) is 0. The molecule has 2 nitrogen and oxygen atoms in total. The normalized spacial score (nSPS) is 11.6. The zero-order valence-corrected chi connectivity index (χ0v) is 9.10. The van der Waals surface area contributed by atoms with Crippen molar-refractivity contribution in [1.29, 1.82) is 0 Å². The van der Waals surface area contributed by atoms with Gasteiger partial charge in [-0.25, -0.2) is 4.98 Å². The molecule has 0 aliphatic carbocycles. The predicted octanol–water partition coefficient (Wildman–Crippen LogP) is 2.41. The molecule has 0 aromatic carbocycles. The fraction of sp³-hybridized carbons (Fsp3) is 0.364. The van der Waals surface area contributed by atoms with Crippen LogP contribution in [0.5, 0.6) is 0 Å². The van der Waals surface area contributed by atoms with E-state index in [1.165, 1.54) is 0 Å². The van der Waals surface area contributed by atoms with Crippen molar-refractivity contribution in [2.75, 3.05) is 6.54 Å². The monoisotopic (exact) mass is 208 g/mol. The second-order valence-corrected chi connectivity index (χ2v) is 3.33. The molecular formula is C11H13ClN2. The van der Waals surface area contributed by atoms with Crippen molar-refractivity contribution in [3.05, 3.63) is 29.0 Å². The summed E-state index contributed by atoms with van der Waals surface area (Å²) in [4.78, 5) is 3.93. The first-order valence-corrected chi connectivity index (χ1v) is 4.86. The average Bonchev–Trinajstić information content (AvgIpc) is 2.18.